The average Bonchev–Trinajstić information content (AvgIpc) is 3.20. The number of rotatable bonds is 9. The van der Waals surface area contributed by atoms with Gasteiger partial charge < -0.3 is 20.5 Å². The van der Waals surface area contributed by atoms with Gasteiger partial charge in [-0.05, 0) is 28.7 Å². The Bertz CT molecular complexity index is 1180. The van der Waals surface area contributed by atoms with E-state index in [1.54, 1.807) is 0 Å². The number of aromatic nitrogens is 2. The van der Waals surface area contributed by atoms with E-state index in [1.165, 1.54) is 12.4 Å². The predicted octanol–water partition coefficient (Wildman–Crippen LogP) is 3.36. The molecule has 1 unspecified atom stereocenters. The smallest absolute Gasteiger partial charge is 0.407 e. The number of carbonyl (C=O) groups excluding carboxylic acids is 2. The van der Waals surface area contributed by atoms with Crippen molar-refractivity contribution in [3.05, 3.63) is 83.4 Å². The molecule has 1 aromatic heterocycles. The van der Waals surface area contributed by atoms with Gasteiger partial charge in [-0.2, -0.15) is 0 Å². The number of nitrogens with zero attached hydrogens (tertiary/aromatic N) is 2. The van der Waals surface area contributed by atoms with Gasteiger partial charge in [0.05, 0.1) is 18.0 Å². The molecule has 2 amide bonds. The molecule has 1 aliphatic carbocycles. The number of carboxylic acid groups (broad SMARTS) is 1. The fourth-order valence-electron chi connectivity index (χ4n) is 4.15. The van der Waals surface area contributed by atoms with Crippen LogP contribution in [-0.2, 0) is 16.1 Å². The maximum Gasteiger partial charge on any atom is 0.407 e. The van der Waals surface area contributed by atoms with Crippen LogP contribution in [-0.4, -0.2) is 46.2 Å². The van der Waals surface area contributed by atoms with E-state index >= 15 is 0 Å². The lowest BCUT2D eigenvalue weighted by Crippen LogP contribution is -2.39. The van der Waals surface area contributed by atoms with Gasteiger partial charge in [0, 0.05) is 24.9 Å². The molecule has 0 saturated carbocycles. The third-order valence-corrected chi connectivity index (χ3v) is 6.07. The van der Waals surface area contributed by atoms with Crippen LogP contribution < -0.4 is 10.6 Å². The second-order valence-corrected chi connectivity index (χ2v) is 8.22. The summed E-state index contributed by atoms with van der Waals surface area (Å²) in [5.74, 6) is -1.59. The molecule has 3 aromatic rings. The predicted molar refractivity (Wildman–Crippen MR) is 128 cm³/mol. The van der Waals surface area contributed by atoms with Crippen LogP contribution in [0.3, 0.4) is 0 Å². The maximum atomic E-state index is 12.5. The van der Waals surface area contributed by atoms with Gasteiger partial charge in [0.25, 0.3) is 0 Å². The summed E-state index contributed by atoms with van der Waals surface area (Å²) >= 11 is 0. The maximum absolute atomic E-state index is 12.5. The molecule has 0 aliphatic heterocycles. The van der Waals surface area contributed by atoms with Crippen molar-refractivity contribution in [2.24, 2.45) is 5.92 Å². The first-order valence-electron chi connectivity index (χ1n) is 11.4. The fraction of sp³-hybridized carbons (Fsp3) is 0.269. The van der Waals surface area contributed by atoms with E-state index in [9.17, 15) is 14.4 Å². The van der Waals surface area contributed by atoms with Crippen LogP contribution in [0.2, 0.25) is 0 Å². The third-order valence-electron chi connectivity index (χ3n) is 6.07. The first-order chi connectivity index (χ1) is 17.0. The van der Waals surface area contributed by atoms with Crippen LogP contribution >= 0.6 is 0 Å². The van der Waals surface area contributed by atoms with Crippen LogP contribution in [0.15, 0.2) is 60.9 Å². The van der Waals surface area contributed by atoms with Gasteiger partial charge in [0.15, 0.2) is 0 Å². The van der Waals surface area contributed by atoms with Crippen molar-refractivity contribution in [3.63, 3.8) is 0 Å². The van der Waals surface area contributed by atoms with E-state index in [0.29, 0.717) is 12.2 Å². The van der Waals surface area contributed by atoms with Crippen LogP contribution in [0, 0.1) is 5.92 Å². The second kappa shape index (κ2) is 10.8. The van der Waals surface area contributed by atoms with E-state index in [2.05, 4.69) is 44.9 Å². The number of nitrogens with one attached hydrogen (secondary N) is 2. The first-order valence-corrected chi connectivity index (χ1v) is 11.4. The number of alkyl carbamates (subject to hydrolysis) is 1. The van der Waals surface area contributed by atoms with Crippen LogP contribution in [0.4, 0.5) is 4.79 Å². The van der Waals surface area contributed by atoms with Crippen molar-refractivity contribution in [2.45, 2.75) is 25.8 Å². The summed E-state index contributed by atoms with van der Waals surface area (Å²) in [6.45, 7) is 2.23. The zero-order valence-corrected chi connectivity index (χ0v) is 19.2. The highest BCUT2D eigenvalue weighted by molar-refractivity contribution is 5.86. The lowest BCUT2D eigenvalue weighted by Gasteiger charge is -2.17. The average molecular weight is 475 g/mol. The number of carbonyl (C=O) groups is 3. The van der Waals surface area contributed by atoms with Gasteiger partial charge in [-0.3, -0.25) is 4.79 Å². The van der Waals surface area contributed by atoms with E-state index in [1.807, 2.05) is 31.2 Å². The van der Waals surface area contributed by atoms with E-state index in [4.69, 9.17) is 9.84 Å². The molecule has 0 spiro atoms. The molecule has 0 saturated heterocycles. The molecule has 9 nitrogen and oxygen atoms in total. The lowest BCUT2D eigenvalue weighted by atomic mass is 9.98. The van der Waals surface area contributed by atoms with Gasteiger partial charge in [0.2, 0.25) is 5.91 Å². The Balaban J connectivity index is 1.27. The normalized spacial score (nSPS) is 12.8. The number of carboxylic acids is 1. The standard InChI is InChI=1S/C26H26N4O5/c1-2-16(24(31)29-14-23-27-12-17(13-28-23)25(32)33)11-30-26(34)35-15-22-20-9-5-3-7-18(20)19-8-4-6-10-21(19)22/h3-10,12-13,16,22H,2,11,14-15H2,1H3,(H,29,31)(H,30,34)(H,32,33). The minimum Gasteiger partial charge on any atom is -0.478 e. The van der Waals surface area contributed by atoms with Crippen molar-refractivity contribution in [1.82, 2.24) is 20.6 Å². The van der Waals surface area contributed by atoms with E-state index < -0.39 is 18.0 Å². The molecule has 180 valence electrons. The zero-order valence-electron chi connectivity index (χ0n) is 19.2. The summed E-state index contributed by atoms with van der Waals surface area (Å²) in [4.78, 5) is 43.7. The largest absolute Gasteiger partial charge is 0.478 e. The highest BCUT2D eigenvalue weighted by Gasteiger charge is 2.29. The number of ether oxygens (including phenoxy) is 1. The quantitative estimate of drug-likeness (QED) is 0.433. The Labute approximate surface area is 202 Å². The number of hydrogen-bond donors (Lipinski definition) is 3. The molecule has 2 aromatic carbocycles. The van der Waals surface area contributed by atoms with E-state index in [-0.39, 0.29) is 37.1 Å². The highest BCUT2D eigenvalue weighted by Crippen LogP contribution is 2.44. The Kier molecular flexibility index (Phi) is 7.35. The van der Waals surface area contributed by atoms with Crippen molar-refractivity contribution in [3.8, 4) is 11.1 Å². The Morgan fingerprint density at radius 3 is 2.14 bits per heavy atom. The lowest BCUT2D eigenvalue weighted by molar-refractivity contribution is -0.125. The van der Waals surface area contributed by atoms with Crippen molar-refractivity contribution in [1.29, 1.82) is 0 Å². The minimum absolute atomic E-state index is 0.0289. The monoisotopic (exact) mass is 474 g/mol. The summed E-state index contributed by atoms with van der Waals surface area (Å²) < 4.78 is 5.52. The summed E-state index contributed by atoms with van der Waals surface area (Å²) in [6.07, 6.45) is 2.30. The third kappa shape index (κ3) is 5.46. The summed E-state index contributed by atoms with van der Waals surface area (Å²) in [5, 5.41) is 14.3. The molecule has 1 heterocycles. The Morgan fingerprint density at radius 2 is 1.57 bits per heavy atom. The van der Waals surface area contributed by atoms with Gasteiger partial charge >= 0.3 is 12.1 Å². The highest BCUT2D eigenvalue weighted by atomic mass is 16.5. The summed E-state index contributed by atoms with van der Waals surface area (Å²) in [6, 6.07) is 16.2. The molecule has 35 heavy (non-hydrogen) atoms. The van der Waals surface area contributed by atoms with Crippen LogP contribution in [0.25, 0.3) is 11.1 Å². The Hall–Kier alpha value is -4.27. The number of amides is 2. The van der Waals surface area contributed by atoms with Gasteiger partial charge in [-0.1, -0.05) is 55.5 Å². The minimum atomic E-state index is -1.12. The molecule has 1 aliphatic rings. The molecular formula is C26H26N4O5. The van der Waals surface area contributed by atoms with Crippen molar-refractivity contribution in [2.75, 3.05) is 13.2 Å². The number of aromatic carboxylic acids is 1. The van der Waals surface area contributed by atoms with Crippen molar-refractivity contribution >= 4 is 18.0 Å². The number of hydrogen-bond acceptors (Lipinski definition) is 6. The molecule has 0 radical (unpaired) electrons. The van der Waals surface area contributed by atoms with Gasteiger partial charge in [-0.15, -0.1) is 0 Å². The second-order valence-electron chi connectivity index (χ2n) is 8.22. The molecule has 3 N–H and O–H groups in total. The van der Waals surface area contributed by atoms with Crippen molar-refractivity contribution < 1.29 is 24.2 Å². The summed E-state index contributed by atoms with van der Waals surface area (Å²) in [5.41, 5.74) is 4.54. The molecular weight excluding hydrogens is 448 g/mol. The number of fused-ring (bicyclic) bond motifs is 3. The molecule has 9 heteroatoms. The van der Waals surface area contributed by atoms with Gasteiger partial charge in [-0.25, -0.2) is 19.6 Å². The molecule has 0 fully saturated rings. The Morgan fingerprint density at radius 1 is 0.971 bits per heavy atom. The zero-order chi connectivity index (χ0) is 24.8. The van der Waals surface area contributed by atoms with E-state index in [0.717, 1.165) is 22.3 Å². The van der Waals surface area contributed by atoms with Gasteiger partial charge in [0.1, 0.15) is 12.4 Å². The topological polar surface area (TPSA) is 131 Å². The van der Waals surface area contributed by atoms with Crippen LogP contribution in [0.5, 0.6) is 0 Å². The summed E-state index contributed by atoms with van der Waals surface area (Å²) in [7, 11) is 0. The SMILES string of the molecule is CCC(CNC(=O)OCC1c2ccccc2-c2ccccc21)C(=O)NCc1ncc(C(=O)O)cn1. The fourth-order valence-corrected chi connectivity index (χ4v) is 4.15. The first kappa shape index (κ1) is 23.9. The number of benzene rings is 2. The molecule has 1 atom stereocenters. The van der Waals surface area contributed by atoms with Crippen LogP contribution in [0.1, 0.15) is 46.6 Å². The molecule has 0 bridgehead atoms. The molecule has 4 rings (SSSR count).